The van der Waals surface area contributed by atoms with Gasteiger partial charge in [-0.2, -0.15) is 5.10 Å². The quantitative estimate of drug-likeness (QED) is 0.751. The van der Waals surface area contributed by atoms with Crippen LogP contribution in [-0.2, 0) is 19.4 Å². The summed E-state index contributed by atoms with van der Waals surface area (Å²) in [5.41, 5.74) is 2.80. The van der Waals surface area contributed by atoms with Crippen LogP contribution in [0.3, 0.4) is 0 Å². The molecule has 1 aromatic heterocycles. The molecule has 5 heteroatoms. The van der Waals surface area contributed by atoms with E-state index in [1.807, 2.05) is 31.2 Å². The molecule has 1 aliphatic rings. The zero-order valence-electron chi connectivity index (χ0n) is 16.6. The van der Waals surface area contributed by atoms with Crippen molar-refractivity contribution in [3.63, 3.8) is 0 Å². The van der Waals surface area contributed by atoms with Crippen LogP contribution < -0.4 is 5.32 Å². The fraction of sp³-hybridized carbons (Fsp3) is 0.545. The molecule has 0 bridgehead atoms. The maximum absolute atomic E-state index is 13.0. The lowest BCUT2D eigenvalue weighted by Crippen LogP contribution is -2.48. The molecule has 1 fully saturated rings. The van der Waals surface area contributed by atoms with Crippen molar-refractivity contribution in [3.05, 3.63) is 53.3 Å². The van der Waals surface area contributed by atoms with E-state index >= 15 is 0 Å². The van der Waals surface area contributed by atoms with E-state index in [-0.39, 0.29) is 18.1 Å². The molecule has 2 aromatic rings. The van der Waals surface area contributed by atoms with Gasteiger partial charge in [0.15, 0.2) is 0 Å². The number of aromatic nitrogens is 2. The van der Waals surface area contributed by atoms with Gasteiger partial charge in [0.25, 0.3) is 5.91 Å². The number of amides is 1. The van der Waals surface area contributed by atoms with Crippen molar-refractivity contribution >= 4 is 5.91 Å². The minimum Gasteiger partial charge on any atom is -0.393 e. The van der Waals surface area contributed by atoms with E-state index < -0.39 is 0 Å². The molecular formula is C22H31N3O2. The average Bonchev–Trinajstić information content (AvgIpc) is 3.01. The normalized spacial score (nSPS) is 20.3. The summed E-state index contributed by atoms with van der Waals surface area (Å²) in [4.78, 5) is 13.0. The third kappa shape index (κ3) is 4.98. The molecule has 3 rings (SSSR count). The first-order valence-electron chi connectivity index (χ1n) is 10.1. The minimum absolute atomic E-state index is 0.0251. The van der Waals surface area contributed by atoms with Gasteiger partial charge < -0.3 is 10.4 Å². The monoisotopic (exact) mass is 369 g/mol. The standard InChI is InChI=1S/C22H31N3O2/c1-4-25-21(14-18(24-25)10-15(2)3)22(27)23-20(17-12-19(26)13-17)11-16-8-6-5-7-9-16/h5-9,14-15,17,19-20,26H,4,10-13H2,1-3H3,(H,23,27). The number of hydrogen-bond acceptors (Lipinski definition) is 3. The van der Waals surface area contributed by atoms with Gasteiger partial charge in [0, 0.05) is 12.6 Å². The van der Waals surface area contributed by atoms with Crippen molar-refractivity contribution in [2.75, 3.05) is 0 Å². The molecule has 0 aliphatic heterocycles. The highest BCUT2D eigenvalue weighted by molar-refractivity contribution is 5.93. The van der Waals surface area contributed by atoms with Crippen molar-refractivity contribution < 1.29 is 9.90 Å². The van der Waals surface area contributed by atoms with Crippen LogP contribution in [-0.4, -0.2) is 32.9 Å². The van der Waals surface area contributed by atoms with Crippen LogP contribution in [0.15, 0.2) is 36.4 Å². The lowest BCUT2D eigenvalue weighted by Gasteiger charge is -2.38. The molecule has 2 N–H and O–H groups in total. The molecule has 0 spiro atoms. The Balaban J connectivity index is 1.74. The van der Waals surface area contributed by atoms with E-state index in [2.05, 4.69) is 36.4 Å². The Morgan fingerprint density at radius 3 is 2.56 bits per heavy atom. The molecule has 27 heavy (non-hydrogen) atoms. The Hall–Kier alpha value is -2.14. The summed E-state index contributed by atoms with van der Waals surface area (Å²) in [5, 5.41) is 17.5. The molecule has 0 radical (unpaired) electrons. The molecule has 5 nitrogen and oxygen atoms in total. The molecule has 1 amide bonds. The molecule has 1 unspecified atom stereocenters. The SMILES string of the molecule is CCn1nc(CC(C)C)cc1C(=O)NC(Cc1ccccc1)C1CC(O)C1. The molecule has 1 heterocycles. The molecule has 1 atom stereocenters. The van der Waals surface area contributed by atoms with Gasteiger partial charge in [-0.1, -0.05) is 44.2 Å². The topological polar surface area (TPSA) is 67.2 Å². The number of hydrogen-bond donors (Lipinski definition) is 2. The van der Waals surface area contributed by atoms with Crippen LogP contribution in [0.5, 0.6) is 0 Å². The number of aliphatic hydroxyl groups is 1. The van der Waals surface area contributed by atoms with Crippen LogP contribution in [0.2, 0.25) is 0 Å². The number of nitrogens with zero attached hydrogens (tertiary/aromatic N) is 2. The second-order valence-corrected chi connectivity index (χ2v) is 8.09. The van der Waals surface area contributed by atoms with Gasteiger partial charge in [-0.25, -0.2) is 0 Å². The first kappa shape index (κ1) is 19.6. The predicted molar refractivity (Wildman–Crippen MR) is 107 cm³/mol. The lowest BCUT2D eigenvalue weighted by atomic mass is 9.75. The van der Waals surface area contributed by atoms with Crippen molar-refractivity contribution in [3.8, 4) is 0 Å². The maximum Gasteiger partial charge on any atom is 0.269 e. The van der Waals surface area contributed by atoms with Crippen molar-refractivity contribution in [1.82, 2.24) is 15.1 Å². The molecule has 1 aromatic carbocycles. The Labute approximate surface area is 161 Å². The molecular weight excluding hydrogens is 338 g/mol. The second kappa shape index (κ2) is 8.70. The van der Waals surface area contributed by atoms with Gasteiger partial charge in [0.05, 0.1) is 11.8 Å². The number of carbonyl (C=O) groups excluding carboxylic acids is 1. The van der Waals surface area contributed by atoms with Gasteiger partial charge in [0.1, 0.15) is 5.69 Å². The highest BCUT2D eigenvalue weighted by atomic mass is 16.3. The number of aliphatic hydroxyl groups excluding tert-OH is 1. The van der Waals surface area contributed by atoms with Crippen molar-refractivity contribution in [1.29, 1.82) is 0 Å². The Morgan fingerprint density at radius 1 is 1.26 bits per heavy atom. The predicted octanol–water partition coefficient (Wildman–Crippen LogP) is 3.21. The van der Waals surface area contributed by atoms with E-state index in [1.165, 1.54) is 5.56 Å². The fourth-order valence-corrected chi connectivity index (χ4v) is 3.82. The summed E-state index contributed by atoms with van der Waals surface area (Å²) in [7, 11) is 0. The summed E-state index contributed by atoms with van der Waals surface area (Å²) in [5.74, 6) is 0.752. The average molecular weight is 370 g/mol. The molecule has 0 saturated heterocycles. The van der Waals surface area contributed by atoms with Gasteiger partial charge in [-0.05, 0) is 56.1 Å². The van der Waals surface area contributed by atoms with Crippen LogP contribution in [0.25, 0.3) is 0 Å². The zero-order chi connectivity index (χ0) is 19.4. The number of carbonyl (C=O) groups is 1. The third-order valence-corrected chi connectivity index (χ3v) is 5.31. The van der Waals surface area contributed by atoms with E-state index in [0.29, 0.717) is 24.1 Å². The van der Waals surface area contributed by atoms with Crippen molar-refractivity contribution in [2.24, 2.45) is 11.8 Å². The van der Waals surface area contributed by atoms with Gasteiger partial charge in [-0.3, -0.25) is 9.48 Å². The van der Waals surface area contributed by atoms with Gasteiger partial charge in [-0.15, -0.1) is 0 Å². The van der Waals surface area contributed by atoms with Crippen LogP contribution in [0, 0.1) is 11.8 Å². The smallest absolute Gasteiger partial charge is 0.269 e. The maximum atomic E-state index is 13.0. The van der Waals surface area contributed by atoms with E-state index in [1.54, 1.807) is 4.68 Å². The van der Waals surface area contributed by atoms with E-state index in [0.717, 1.165) is 31.4 Å². The summed E-state index contributed by atoms with van der Waals surface area (Å²) < 4.78 is 1.79. The third-order valence-electron chi connectivity index (χ3n) is 5.31. The Bertz CT molecular complexity index is 748. The number of nitrogens with one attached hydrogen (secondary N) is 1. The van der Waals surface area contributed by atoms with E-state index in [4.69, 9.17) is 0 Å². The lowest BCUT2D eigenvalue weighted by molar-refractivity contribution is 0.0238. The molecule has 146 valence electrons. The van der Waals surface area contributed by atoms with Gasteiger partial charge in [0.2, 0.25) is 0 Å². The number of benzene rings is 1. The highest BCUT2D eigenvalue weighted by Crippen LogP contribution is 2.32. The largest absolute Gasteiger partial charge is 0.393 e. The fourth-order valence-electron chi connectivity index (χ4n) is 3.82. The zero-order valence-corrected chi connectivity index (χ0v) is 16.6. The number of rotatable bonds is 8. The summed E-state index contributed by atoms with van der Waals surface area (Å²) in [6, 6.07) is 12.2. The molecule has 1 saturated carbocycles. The van der Waals surface area contributed by atoms with Crippen LogP contribution in [0.4, 0.5) is 0 Å². The van der Waals surface area contributed by atoms with Crippen molar-refractivity contribution in [2.45, 2.75) is 65.1 Å². The Morgan fingerprint density at radius 2 is 1.96 bits per heavy atom. The minimum atomic E-state index is -0.232. The second-order valence-electron chi connectivity index (χ2n) is 8.09. The van der Waals surface area contributed by atoms with E-state index in [9.17, 15) is 9.90 Å². The first-order chi connectivity index (χ1) is 13.0. The van der Waals surface area contributed by atoms with Gasteiger partial charge >= 0.3 is 0 Å². The Kier molecular flexibility index (Phi) is 6.32. The summed E-state index contributed by atoms with van der Waals surface area (Å²) in [6.45, 7) is 6.99. The molecule has 1 aliphatic carbocycles. The first-order valence-corrected chi connectivity index (χ1v) is 10.1. The summed E-state index contributed by atoms with van der Waals surface area (Å²) in [6.07, 6.45) is 2.93. The number of aryl methyl sites for hydroxylation is 1. The van der Waals surface area contributed by atoms with Crippen LogP contribution >= 0.6 is 0 Å². The summed E-state index contributed by atoms with van der Waals surface area (Å²) >= 11 is 0. The van der Waals surface area contributed by atoms with Crippen LogP contribution in [0.1, 0.15) is 55.4 Å². The highest BCUT2D eigenvalue weighted by Gasteiger charge is 2.35.